The lowest BCUT2D eigenvalue weighted by Crippen LogP contribution is -2.05. The number of anilines is 1. The molecule has 2 nitrogen and oxygen atoms in total. The van der Waals surface area contributed by atoms with E-state index in [-0.39, 0.29) is 5.78 Å². The molecular weight excluding hydrogens is 281 g/mol. The van der Waals surface area contributed by atoms with Gasteiger partial charge in [-0.2, -0.15) is 0 Å². The van der Waals surface area contributed by atoms with Gasteiger partial charge in [-0.15, -0.1) is 0 Å². The fourth-order valence-corrected chi connectivity index (χ4v) is 2.25. The molecule has 0 radical (unpaired) electrons. The van der Waals surface area contributed by atoms with E-state index in [1.807, 2.05) is 13.8 Å². The third kappa shape index (κ3) is 2.75. The number of hydrogen-bond acceptors (Lipinski definition) is 2. The third-order valence-corrected chi connectivity index (χ3v) is 3.75. The molecule has 2 aromatic carbocycles. The maximum absolute atomic E-state index is 12.5. The van der Waals surface area contributed by atoms with Crippen molar-refractivity contribution in [3.63, 3.8) is 0 Å². The van der Waals surface area contributed by atoms with Crippen LogP contribution in [-0.4, -0.2) is 5.78 Å². The highest BCUT2D eigenvalue weighted by atomic mass is 35.5. The van der Waals surface area contributed by atoms with E-state index in [0.29, 0.717) is 26.9 Å². The van der Waals surface area contributed by atoms with E-state index in [9.17, 15) is 4.79 Å². The van der Waals surface area contributed by atoms with Crippen molar-refractivity contribution in [1.29, 1.82) is 0 Å². The number of halogens is 2. The van der Waals surface area contributed by atoms with Crippen molar-refractivity contribution >= 4 is 34.7 Å². The van der Waals surface area contributed by atoms with E-state index >= 15 is 0 Å². The molecule has 0 atom stereocenters. The molecule has 0 saturated carbocycles. The van der Waals surface area contributed by atoms with Crippen LogP contribution in [0, 0.1) is 13.8 Å². The first-order valence-electron chi connectivity index (χ1n) is 5.76. The second-order valence-corrected chi connectivity index (χ2v) is 5.30. The molecule has 0 spiro atoms. The molecule has 2 aromatic rings. The molecular formula is C15H13Cl2NO. The average Bonchev–Trinajstić information content (AvgIpc) is 2.36. The second kappa shape index (κ2) is 5.24. The Morgan fingerprint density at radius 1 is 1.00 bits per heavy atom. The Balaban J connectivity index is 2.49. The van der Waals surface area contributed by atoms with E-state index in [2.05, 4.69) is 0 Å². The van der Waals surface area contributed by atoms with Gasteiger partial charge < -0.3 is 5.73 Å². The van der Waals surface area contributed by atoms with Gasteiger partial charge in [0.1, 0.15) is 0 Å². The Kier molecular flexibility index (Phi) is 3.83. The van der Waals surface area contributed by atoms with Crippen molar-refractivity contribution < 1.29 is 4.79 Å². The highest BCUT2D eigenvalue weighted by Gasteiger charge is 2.14. The predicted molar refractivity (Wildman–Crippen MR) is 80.2 cm³/mol. The molecule has 4 heteroatoms. The molecule has 0 heterocycles. The molecule has 0 aliphatic rings. The fourth-order valence-electron chi connectivity index (χ4n) is 1.85. The van der Waals surface area contributed by atoms with Crippen LogP contribution in [0.4, 0.5) is 5.69 Å². The van der Waals surface area contributed by atoms with Crippen molar-refractivity contribution in [2.75, 3.05) is 5.73 Å². The van der Waals surface area contributed by atoms with Gasteiger partial charge in [-0.25, -0.2) is 0 Å². The maximum Gasteiger partial charge on any atom is 0.193 e. The Bertz CT molecular complexity index is 665. The summed E-state index contributed by atoms with van der Waals surface area (Å²) in [6.45, 7) is 3.73. The van der Waals surface area contributed by atoms with Crippen LogP contribution in [0.2, 0.25) is 10.0 Å². The van der Waals surface area contributed by atoms with Crippen LogP contribution >= 0.6 is 23.2 Å². The summed E-state index contributed by atoms with van der Waals surface area (Å²) in [6.07, 6.45) is 0. The Hall–Kier alpha value is -1.51. The van der Waals surface area contributed by atoms with Gasteiger partial charge in [0.2, 0.25) is 0 Å². The molecule has 0 bridgehead atoms. The molecule has 98 valence electrons. The number of carbonyl (C=O) groups is 1. The molecule has 2 rings (SSSR count). The quantitative estimate of drug-likeness (QED) is 0.658. The van der Waals surface area contributed by atoms with Crippen LogP contribution in [0.1, 0.15) is 27.0 Å². The van der Waals surface area contributed by atoms with Crippen molar-refractivity contribution in [2.45, 2.75) is 13.8 Å². The average molecular weight is 294 g/mol. The first-order valence-corrected chi connectivity index (χ1v) is 6.52. The molecule has 2 N–H and O–H groups in total. The van der Waals surface area contributed by atoms with Crippen LogP contribution in [0.25, 0.3) is 0 Å². The predicted octanol–water partition coefficient (Wildman–Crippen LogP) is 4.42. The summed E-state index contributed by atoms with van der Waals surface area (Å²) in [6, 6.07) is 8.48. The van der Waals surface area contributed by atoms with Gasteiger partial charge in [0, 0.05) is 16.1 Å². The minimum atomic E-state index is -0.0841. The number of hydrogen-bond donors (Lipinski definition) is 1. The Morgan fingerprint density at radius 2 is 1.68 bits per heavy atom. The van der Waals surface area contributed by atoms with Crippen molar-refractivity contribution in [3.8, 4) is 0 Å². The second-order valence-electron chi connectivity index (χ2n) is 4.48. The van der Waals surface area contributed by atoms with Crippen molar-refractivity contribution in [2.24, 2.45) is 0 Å². The minimum absolute atomic E-state index is 0.0841. The van der Waals surface area contributed by atoms with E-state index < -0.39 is 0 Å². The molecule has 0 fully saturated rings. The monoisotopic (exact) mass is 293 g/mol. The lowest BCUT2D eigenvalue weighted by atomic mass is 9.97. The zero-order valence-electron chi connectivity index (χ0n) is 10.6. The maximum atomic E-state index is 12.5. The van der Waals surface area contributed by atoms with Crippen LogP contribution in [0.3, 0.4) is 0 Å². The summed E-state index contributed by atoms with van der Waals surface area (Å²) in [5.74, 6) is -0.0841. The zero-order chi connectivity index (χ0) is 14.2. The molecule has 19 heavy (non-hydrogen) atoms. The van der Waals surface area contributed by atoms with Gasteiger partial charge in [-0.1, -0.05) is 23.2 Å². The third-order valence-electron chi connectivity index (χ3n) is 3.01. The SMILES string of the molecule is Cc1cc(C(=O)c2ccc(N)c(Cl)c2)c(C)cc1Cl. The summed E-state index contributed by atoms with van der Waals surface area (Å²) in [4.78, 5) is 12.5. The van der Waals surface area contributed by atoms with Gasteiger partial charge in [-0.05, 0) is 55.3 Å². The summed E-state index contributed by atoms with van der Waals surface area (Å²) in [5, 5.41) is 1.04. The Morgan fingerprint density at radius 3 is 2.32 bits per heavy atom. The van der Waals surface area contributed by atoms with Gasteiger partial charge in [-0.3, -0.25) is 4.79 Å². The smallest absolute Gasteiger partial charge is 0.193 e. The van der Waals surface area contributed by atoms with Gasteiger partial charge in [0.25, 0.3) is 0 Å². The summed E-state index contributed by atoms with van der Waals surface area (Å²) >= 11 is 12.0. The number of carbonyl (C=O) groups excluding carboxylic acids is 1. The van der Waals surface area contributed by atoms with Crippen molar-refractivity contribution in [1.82, 2.24) is 0 Å². The standard InChI is InChI=1S/C15H13Cl2NO/c1-8-6-12(16)9(2)5-11(8)15(19)10-3-4-14(18)13(17)7-10/h3-7H,18H2,1-2H3. The summed E-state index contributed by atoms with van der Waals surface area (Å²) < 4.78 is 0. The van der Waals surface area contributed by atoms with Gasteiger partial charge in [0.15, 0.2) is 5.78 Å². The number of rotatable bonds is 2. The molecule has 0 saturated heterocycles. The number of aryl methyl sites for hydroxylation is 2. The van der Waals surface area contributed by atoms with Crippen molar-refractivity contribution in [3.05, 3.63) is 62.6 Å². The lowest BCUT2D eigenvalue weighted by molar-refractivity contribution is 0.103. The lowest BCUT2D eigenvalue weighted by Gasteiger charge is -2.09. The minimum Gasteiger partial charge on any atom is -0.398 e. The largest absolute Gasteiger partial charge is 0.398 e. The number of benzene rings is 2. The van der Waals surface area contributed by atoms with E-state index in [0.717, 1.165) is 11.1 Å². The van der Waals surface area contributed by atoms with Crippen LogP contribution in [0.5, 0.6) is 0 Å². The molecule has 0 aliphatic heterocycles. The van der Waals surface area contributed by atoms with Crippen LogP contribution < -0.4 is 5.73 Å². The molecule has 0 unspecified atom stereocenters. The molecule has 0 aromatic heterocycles. The van der Waals surface area contributed by atoms with E-state index in [4.69, 9.17) is 28.9 Å². The molecule has 0 aliphatic carbocycles. The van der Waals surface area contributed by atoms with Gasteiger partial charge in [0.05, 0.1) is 10.7 Å². The van der Waals surface area contributed by atoms with Crippen LogP contribution in [0.15, 0.2) is 30.3 Å². The molecule has 0 amide bonds. The highest BCUT2D eigenvalue weighted by molar-refractivity contribution is 6.33. The van der Waals surface area contributed by atoms with Gasteiger partial charge >= 0.3 is 0 Å². The summed E-state index contributed by atoms with van der Waals surface area (Å²) in [5.41, 5.74) is 8.96. The first kappa shape index (κ1) is 13.9. The normalized spacial score (nSPS) is 10.5. The fraction of sp³-hybridized carbons (Fsp3) is 0.133. The topological polar surface area (TPSA) is 43.1 Å². The highest BCUT2D eigenvalue weighted by Crippen LogP contribution is 2.25. The zero-order valence-corrected chi connectivity index (χ0v) is 12.1. The van der Waals surface area contributed by atoms with E-state index in [1.165, 1.54) is 0 Å². The van der Waals surface area contributed by atoms with E-state index in [1.54, 1.807) is 30.3 Å². The number of ketones is 1. The number of nitrogen functional groups attached to an aromatic ring is 1. The number of nitrogens with two attached hydrogens (primary N) is 1. The summed E-state index contributed by atoms with van der Waals surface area (Å²) in [7, 11) is 0. The van der Waals surface area contributed by atoms with Crippen LogP contribution in [-0.2, 0) is 0 Å². The Labute approximate surface area is 122 Å². The first-order chi connectivity index (χ1) is 8.90.